The molecule has 1 aromatic heterocycles. The number of nitrogens with zero attached hydrogens (tertiary/aromatic N) is 3. The van der Waals surface area contributed by atoms with Crippen LogP contribution in [0, 0.1) is 5.41 Å². The molecule has 0 unspecified atom stereocenters. The molecule has 0 aromatic carbocycles. The van der Waals surface area contributed by atoms with Crippen molar-refractivity contribution in [2.45, 2.75) is 19.8 Å². The molecule has 1 fully saturated rings. The van der Waals surface area contributed by atoms with Crippen LogP contribution in [0.15, 0.2) is 22.0 Å². The van der Waals surface area contributed by atoms with Gasteiger partial charge in [-0.05, 0) is 12.8 Å². The Morgan fingerprint density at radius 3 is 2.78 bits per heavy atom. The van der Waals surface area contributed by atoms with Crippen LogP contribution in [-0.2, 0) is 0 Å². The van der Waals surface area contributed by atoms with Gasteiger partial charge in [0.1, 0.15) is 12.1 Å². The summed E-state index contributed by atoms with van der Waals surface area (Å²) in [6.45, 7) is 3.04. The molecule has 18 heavy (non-hydrogen) atoms. The lowest BCUT2D eigenvalue weighted by Crippen LogP contribution is -2.47. The first-order valence-corrected chi connectivity index (χ1v) is 5.74. The lowest BCUT2D eigenvalue weighted by molar-refractivity contribution is 0.0656. The molecule has 2 rings (SSSR count). The van der Waals surface area contributed by atoms with Gasteiger partial charge in [0.25, 0.3) is 5.91 Å². The van der Waals surface area contributed by atoms with Gasteiger partial charge in [-0.2, -0.15) is 0 Å². The topological polar surface area (TPSA) is 105 Å². The highest BCUT2D eigenvalue weighted by Gasteiger charge is 2.36. The van der Waals surface area contributed by atoms with Gasteiger partial charge in [0.05, 0.1) is 0 Å². The van der Waals surface area contributed by atoms with Crippen molar-refractivity contribution in [1.29, 1.82) is 0 Å². The number of amides is 1. The smallest absolute Gasteiger partial charge is 0.276 e. The van der Waals surface area contributed by atoms with Crippen LogP contribution < -0.4 is 5.73 Å². The first kappa shape index (κ1) is 12.4. The average Bonchev–Trinajstić information content (AvgIpc) is 2.91. The molecule has 0 aliphatic carbocycles. The number of nitrogens with two attached hydrogens (primary N) is 1. The minimum atomic E-state index is -0.352. The summed E-state index contributed by atoms with van der Waals surface area (Å²) >= 11 is 0. The second-order valence-corrected chi connectivity index (χ2v) is 4.72. The minimum Gasteiger partial charge on any atom is -0.409 e. The molecule has 7 heteroatoms. The Balaban J connectivity index is 2.01. The van der Waals surface area contributed by atoms with Crippen molar-refractivity contribution in [2.24, 2.45) is 16.3 Å². The van der Waals surface area contributed by atoms with Crippen LogP contribution >= 0.6 is 0 Å². The number of carbonyl (C=O) groups excluding carboxylic acids is 1. The van der Waals surface area contributed by atoms with Gasteiger partial charge in [-0.15, -0.1) is 0 Å². The summed E-state index contributed by atoms with van der Waals surface area (Å²) in [5.41, 5.74) is 5.62. The highest BCUT2D eigenvalue weighted by atomic mass is 16.5. The molecular formula is C11H16N4O3. The molecule has 0 radical (unpaired) electrons. The van der Waals surface area contributed by atoms with Gasteiger partial charge in [0, 0.05) is 24.6 Å². The number of hydrogen-bond donors (Lipinski definition) is 2. The number of piperidine rings is 1. The zero-order valence-corrected chi connectivity index (χ0v) is 10.2. The third kappa shape index (κ3) is 2.15. The Kier molecular flexibility index (Phi) is 3.22. The van der Waals surface area contributed by atoms with E-state index >= 15 is 0 Å². The molecule has 1 aromatic rings. The Morgan fingerprint density at radius 1 is 1.61 bits per heavy atom. The molecule has 1 aliphatic rings. The van der Waals surface area contributed by atoms with Crippen molar-refractivity contribution in [3.63, 3.8) is 0 Å². The Bertz CT molecular complexity index is 447. The maximum absolute atomic E-state index is 12.0. The summed E-state index contributed by atoms with van der Waals surface area (Å²) in [7, 11) is 0. The van der Waals surface area contributed by atoms with E-state index in [1.807, 2.05) is 6.92 Å². The van der Waals surface area contributed by atoms with Crippen LogP contribution in [0.4, 0.5) is 0 Å². The largest absolute Gasteiger partial charge is 0.409 e. The summed E-state index contributed by atoms with van der Waals surface area (Å²) in [5.74, 6) is 0.0707. The van der Waals surface area contributed by atoms with E-state index in [0.29, 0.717) is 31.6 Å². The van der Waals surface area contributed by atoms with Crippen LogP contribution in [0.2, 0.25) is 0 Å². The van der Waals surface area contributed by atoms with Gasteiger partial charge in [-0.1, -0.05) is 17.2 Å². The third-order valence-electron chi connectivity index (χ3n) is 3.54. The van der Waals surface area contributed by atoms with Crippen molar-refractivity contribution < 1.29 is 14.5 Å². The monoisotopic (exact) mass is 252 g/mol. The number of carbonyl (C=O) groups is 1. The molecule has 2 heterocycles. The Labute approximate surface area is 104 Å². The highest BCUT2D eigenvalue weighted by molar-refractivity contribution is 5.92. The van der Waals surface area contributed by atoms with E-state index in [1.165, 1.54) is 6.26 Å². The van der Waals surface area contributed by atoms with E-state index < -0.39 is 0 Å². The van der Waals surface area contributed by atoms with E-state index in [2.05, 4.69) is 14.8 Å². The van der Waals surface area contributed by atoms with Crippen molar-refractivity contribution in [1.82, 2.24) is 10.1 Å². The lowest BCUT2D eigenvalue weighted by Gasteiger charge is -2.38. The lowest BCUT2D eigenvalue weighted by atomic mass is 9.79. The Morgan fingerprint density at radius 2 is 2.28 bits per heavy atom. The maximum atomic E-state index is 12.0. The van der Waals surface area contributed by atoms with Crippen LogP contribution in [0.3, 0.4) is 0 Å². The Hall–Kier alpha value is -2.05. The summed E-state index contributed by atoms with van der Waals surface area (Å²) in [4.78, 5) is 13.7. The molecule has 0 bridgehead atoms. The first-order chi connectivity index (χ1) is 8.57. The molecule has 98 valence electrons. The van der Waals surface area contributed by atoms with Crippen molar-refractivity contribution in [3.8, 4) is 0 Å². The first-order valence-electron chi connectivity index (χ1n) is 5.74. The standard InChI is InChI=1S/C11H16N4O3/c1-11(10(12)13-17)3-5-15(6-4-11)9(16)8-2-7-18-14-8/h2,7,17H,3-6H2,1H3,(H2,12,13). The summed E-state index contributed by atoms with van der Waals surface area (Å²) in [6, 6.07) is 1.54. The fourth-order valence-electron chi connectivity index (χ4n) is 2.07. The predicted octanol–water partition coefficient (Wildman–Crippen LogP) is 0.663. The van der Waals surface area contributed by atoms with Gasteiger partial charge in [-0.25, -0.2) is 0 Å². The van der Waals surface area contributed by atoms with Gasteiger partial charge in [-0.3, -0.25) is 4.79 Å². The number of oxime groups is 1. The van der Waals surface area contributed by atoms with E-state index in [1.54, 1.807) is 11.0 Å². The zero-order chi connectivity index (χ0) is 13.2. The summed E-state index contributed by atoms with van der Waals surface area (Å²) in [6.07, 6.45) is 2.69. The van der Waals surface area contributed by atoms with Gasteiger partial charge in [0.2, 0.25) is 0 Å². The van der Waals surface area contributed by atoms with Crippen LogP contribution in [0.5, 0.6) is 0 Å². The number of rotatable bonds is 2. The fraction of sp³-hybridized carbons (Fsp3) is 0.545. The molecule has 1 aliphatic heterocycles. The van der Waals surface area contributed by atoms with E-state index in [4.69, 9.17) is 10.9 Å². The molecule has 3 N–H and O–H groups in total. The second kappa shape index (κ2) is 4.67. The van der Waals surface area contributed by atoms with Gasteiger partial charge >= 0.3 is 0 Å². The van der Waals surface area contributed by atoms with Crippen molar-refractivity contribution >= 4 is 11.7 Å². The summed E-state index contributed by atoms with van der Waals surface area (Å²) < 4.78 is 4.65. The quantitative estimate of drug-likeness (QED) is 0.348. The highest BCUT2D eigenvalue weighted by Crippen LogP contribution is 2.31. The zero-order valence-electron chi connectivity index (χ0n) is 10.2. The van der Waals surface area contributed by atoms with E-state index in [0.717, 1.165) is 0 Å². The van der Waals surface area contributed by atoms with Gasteiger partial charge in [0.15, 0.2) is 5.69 Å². The van der Waals surface area contributed by atoms with E-state index in [-0.39, 0.29) is 17.2 Å². The molecule has 7 nitrogen and oxygen atoms in total. The maximum Gasteiger partial charge on any atom is 0.276 e. The SMILES string of the molecule is CC1(/C(N)=N/O)CCN(C(=O)c2ccon2)CC1. The molecular weight excluding hydrogens is 236 g/mol. The molecule has 0 saturated carbocycles. The van der Waals surface area contributed by atoms with Crippen LogP contribution in [-0.4, -0.2) is 40.1 Å². The number of hydrogen-bond acceptors (Lipinski definition) is 5. The van der Waals surface area contributed by atoms with Crippen molar-refractivity contribution in [2.75, 3.05) is 13.1 Å². The molecule has 1 saturated heterocycles. The van der Waals surface area contributed by atoms with Gasteiger partial charge < -0.3 is 20.4 Å². The predicted molar refractivity (Wildman–Crippen MR) is 63.2 cm³/mol. The molecule has 0 spiro atoms. The minimum absolute atomic E-state index is 0.148. The number of likely N-dealkylation sites (tertiary alicyclic amines) is 1. The third-order valence-corrected chi connectivity index (χ3v) is 3.54. The van der Waals surface area contributed by atoms with E-state index in [9.17, 15) is 4.79 Å². The summed E-state index contributed by atoms with van der Waals surface area (Å²) in [5, 5.41) is 15.4. The second-order valence-electron chi connectivity index (χ2n) is 4.72. The number of amidine groups is 1. The van der Waals surface area contributed by atoms with Crippen LogP contribution in [0.1, 0.15) is 30.3 Å². The molecule has 1 amide bonds. The molecule has 0 atom stereocenters. The fourth-order valence-corrected chi connectivity index (χ4v) is 2.07. The van der Waals surface area contributed by atoms with Crippen LogP contribution in [0.25, 0.3) is 0 Å². The average molecular weight is 252 g/mol. The van der Waals surface area contributed by atoms with Crippen molar-refractivity contribution in [3.05, 3.63) is 18.0 Å². The normalized spacial score (nSPS) is 19.8. The number of aromatic nitrogens is 1.